The Morgan fingerprint density at radius 1 is 1.20 bits per heavy atom. The number of nitrogens with zero attached hydrogens (tertiary/aromatic N) is 3. The number of benzene rings is 1. The van der Waals surface area contributed by atoms with Gasteiger partial charge in [0.15, 0.2) is 5.69 Å². The molecule has 0 spiro atoms. The van der Waals surface area contributed by atoms with Gasteiger partial charge in [-0.1, -0.05) is 30.7 Å². The molecule has 1 aromatic carbocycles. The normalized spacial score (nSPS) is 11.7. The van der Waals surface area contributed by atoms with E-state index in [9.17, 15) is 0 Å². The highest BCUT2D eigenvalue weighted by Crippen LogP contribution is 2.21. The van der Waals surface area contributed by atoms with E-state index in [-0.39, 0.29) is 0 Å². The second-order valence-electron chi connectivity index (χ2n) is 4.45. The molecule has 0 fully saturated rings. The first-order chi connectivity index (χ1) is 9.72. The van der Waals surface area contributed by atoms with Crippen molar-refractivity contribution in [3.8, 4) is 6.07 Å². The summed E-state index contributed by atoms with van der Waals surface area (Å²) in [7, 11) is 0. The van der Waals surface area contributed by atoms with Crippen LogP contribution in [0.4, 0.5) is 5.82 Å². The third-order valence-electron chi connectivity index (χ3n) is 3.14. The molecule has 1 unspecified atom stereocenters. The molecule has 0 radical (unpaired) electrons. The maximum atomic E-state index is 8.67. The van der Waals surface area contributed by atoms with Gasteiger partial charge < -0.3 is 5.32 Å². The van der Waals surface area contributed by atoms with Crippen molar-refractivity contribution >= 4 is 17.4 Å². The molecule has 4 nitrogen and oxygen atoms in total. The molecule has 0 saturated heterocycles. The monoisotopic (exact) mass is 286 g/mol. The van der Waals surface area contributed by atoms with E-state index in [1.807, 2.05) is 30.3 Å². The summed E-state index contributed by atoms with van der Waals surface area (Å²) >= 11 is 5.90. The number of hydrogen-bond donors (Lipinski definition) is 1. The van der Waals surface area contributed by atoms with Gasteiger partial charge in [-0.3, -0.25) is 0 Å². The van der Waals surface area contributed by atoms with Crippen LogP contribution in [0, 0.1) is 11.3 Å². The molecular formula is C15H15ClN4. The molecule has 1 atom stereocenters. The predicted molar refractivity (Wildman–Crippen MR) is 79.7 cm³/mol. The van der Waals surface area contributed by atoms with E-state index in [2.05, 4.69) is 22.4 Å². The van der Waals surface area contributed by atoms with Gasteiger partial charge in [-0.25, -0.2) is 0 Å². The average molecular weight is 287 g/mol. The zero-order chi connectivity index (χ0) is 14.4. The van der Waals surface area contributed by atoms with Gasteiger partial charge in [0.05, 0.1) is 0 Å². The number of rotatable bonds is 5. The lowest BCUT2D eigenvalue weighted by atomic mass is 9.96. The van der Waals surface area contributed by atoms with Crippen molar-refractivity contribution < 1.29 is 0 Å². The standard InChI is InChI=1S/C15H15ClN4/c1-2-11(12-3-5-13(16)6-4-12)10-18-15-8-7-14(9-17)19-20-15/h3-8,11H,2,10H2,1H3,(H,18,20). The fraction of sp³-hybridized carbons (Fsp3) is 0.267. The molecule has 0 saturated carbocycles. The van der Waals surface area contributed by atoms with Gasteiger partial charge in [-0.2, -0.15) is 5.26 Å². The van der Waals surface area contributed by atoms with Crippen molar-refractivity contribution in [2.24, 2.45) is 0 Å². The van der Waals surface area contributed by atoms with Crippen LogP contribution in [0.3, 0.4) is 0 Å². The van der Waals surface area contributed by atoms with E-state index in [0.29, 0.717) is 17.4 Å². The van der Waals surface area contributed by atoms with Crippen molar-refractivity contribution in [3.63, 3.8) is 0 Å². The average Bonchev–Trinajstić information content (AvgIpc) is 2.50. The predicted octanol–water partition coefficient (Wildman–Crippen LogP) is 3.61. The summed E-state index contributed by atoms with van der Waals surface area (Å²) in [4.78, 5) is 0. The van der Waals surface area contributed by atoms with Gasteiger partial charge in [0.25, 0.3) is 0 Å². The second kappa shape index (κ2) is 6.88. The van der Waals surface area contributed by atoms with Crippen LogP contribution >= 0.6 is 11.6 Å². The first kappa shape index (κ1) is 14.3. The molecule has 0 amide bonds. The largest absolute Gasteiger partial charge is 0.368 e. The third-order valence-corrected chi connectivity index (χ3v) is 3.39. The molecule has 1 aromatic heterocycles. The first-order valence-electron chi connectivity index (χ1n) is 6.46. The minimum absolute atomic E-state index is 0.320. The minimum Gasteiger partial charge on any atom is -0.368 e. The molecule has 0 aliphatic rings. The topological polar surface area (TPSA) is 61.6 Å². The zero-order valence-corrected chi connectivity index (χ0v) is 11.9. The number of hydrogen-bond acceptors (Lipinski definition) is 4. The molecule has 0 bridgehead atoms. The third kappa shape index (κ3) is 3.69. The van der Waals surface area contributed by atoms with E-state index in [1.165, 1.54) is 5.56 Å². The van der Waals surface area contributed by atoms with Crippen molar-refractivity contribution in [2.45, 2.75) is 19.3 Å². The molecule has 0 aliphatic carbocycles. The highest BCUT2D eigenvalue weighted by atomic mass is 35.5. The lowest BCUT2D eigenvalue weighted by Gasteiger charge is -2.16. The Morgan fingerprint density at radius 2 is 1.95 bits per heavy atom. The van der Waals surface area contributed by atoms with Crippen LogP contribution in [0.25, 0.3) is 0 Å². The van der Waals surface area contributed by atoms with Crippen LogP contribution < -0.4 is 5.32 Å². The molecule has 1 N–H and O–H groups in total. The molecule has 20 heavy (non-hydrogen) atoms. The van der Waals surface area contributed by atoms with E-state index in [4.69, 9.17) is 16.9 Å². The SMILES string of the molecule is CCC(CNc1ccc(C#N)nn1)c1ccc(Cl)cc1. The van der Waals surface area contributed by atoms with Crippen LogP contribution in [0.15, 0.2) is 36.4 Å². The molecule has 0 aliphatic heterocycles. The van der Waals surface area contributed by atoms with Crippen molar-refractivity contribution in [1.29, 1.82) is 5.26 Å². The van der Waals surface area contributed by atoms with Crippen molar-refractivity contribution in [3.05, 3.63) is 52.7 Å². The highest BCUT2D eigenvalue weighted by molar-refractivity contribution is 6.30. The Bertz CT molecular complexity index is 587. The minimum atomic E-state index is 0.320. The van der Waals surface area contributed by atoms with E-state index in [0.717, 1.165) is 18.0 Å². The smallest absolute Gasteiger partial charge is 0.163 e. The molecule has 2 aromatic rings. The van der Waals surface area contributed by atoms with E-state index < -0.39 is 0 Å². The Labute approximate surface area is 123 Å². The second-order valence-corrected chi connectivity index (χ2v) is 4.89. The summed E-state index contributed by atoms with van der Waals surface area (Å²) in [5.41, 5.74) is 1.56. The van der Waals surface area contributed by atoms with Crippen LogP contribution in [0.1, 0.15) is 30.5 Å². The lowest BCUT2D eigenvalue weighted by Crippen LogP contribution is -2.13. The van der Waals surface area contributed by atoms with Gasteiger partial charge in [-0.05, 0) is 36.2 Å². The summed E-state index contributed by atoms with van der Waals surface area (Å²) in [6, 6.07) is 13.3. The number of nitriles is 1. The van der Waals surface area contributed by atoms with Crippen molar-refractivity contribution in [2.75, 3.05) is 11.9 Å². The van der Waals surface area contributed by atoms with Gasteiger partial charge in [-0.15, -0.1) is 10.2 Å². The Kier molecular flexibility index (Phi) is 4.91. The van der Waals surface area contributed by atoms with Gasteiger partial charge in [0.2, 0.25) is 0 Å². The number of anilines is 1. The summed E-state index contributed by atoms with van der Waals surface area (Å²) in [6.07, 6.45) is 1.01. The van der Waals surface area contributed by atoms with Gasteiger partial charge >= 0.3 is 0 Å². The Balaban J connectivity index is 2.00. The summed E-state index contributed by atoms with van der Waals surface area (Å²) in [6.45, 7) is 2.91. The lowest BCUT2D eigenvalue weighted by molar-refractivity contribution is 0.692. The molecule has 2 rings (SSSR count). The van der Waals surface area contributed by atoms with E-state index in [1.54, 1.807) is 12.1 Å². The van der Waals surface area contributed by atoms with E-state index >= 15 is 0 Å². The maximum absolute atomic E-state index is 8.67. The van der Waals surface area contributed by atoms with Crippen LogP contribution in [-0.2, 0) is 0 Å². The first-order valence-corrected chi connectivity index (χ1v) is 6.84. The van der Waals surface area contributed by atoms with Gasteiger partial charge in [0.1, 0.15) is 11.9 Å². The number of aromatic nitrogens is 2. The fourth-order valence-electron chi connectivity index (χ4n) is 1.95. The van der Waals surface area contributed by atoms with Crippen LogP contribution in [-0.4, -0.2) is 16.7 Å². The summed E-state index contributed by atoms with van der Waals surface area (Å²) < 4.78 is 0. The maximum Gasteiger partial charge on any atom is 0.163 e. The number of nitrogens with one attached hydrogen (secondary N) is 1. The Morgan fingerprint density at radius 3 is 2.50 bits per heavy atom. The molecule has 5 heteroatoms. The highest BCUT2D eigenvalue weighted by Gasteiger charge is 2.09. The Hall–Kier alpha value is -2.12. The van der Waals surface area contributed by atoms with Crippen LogP contribution in [0.5, 0.6) is 0 Å². The molecule has 1 heterocycles. The quantitative estimate of drug-likeness (QED) is 0.912. The van der Waals surface area contributed by atoms with Crippen molar-refractivity contribution in [1.82, 2.24) is 10.2 Å². The molecular weight excluding hydrogens is 272 g/mol. The molecule has 102 valence electrons. The summed E-state index contributed by atoms with van der Waals surface area (Å²) in [5, 5.41) is 20.4. The fourth-order valence-corrected chi connectivity index (χ4v) is 2.07. The number of halogens is 1. The van der Waals surface area contributed by atoms with Gasteiger partial charge in [0, 0.05) is 17.5 Å². The zero-order valence-electron chi connectivity index (χ0n) is 11.2. The van der Waals surface area contributed by atoms with Crippen LogP contribution in [0.2, 0.25) is 5.02 Å². The summed E-state index contributed by atoms with van der Waals surface area (Å²) in [5.74, 6) is 1.06.